The van der Waals surface area contributed by atoms with E-state index >= 15 is 0 Å². The van der Waals surface area contributed by atoms with Crippen molar-refractivity contribution in [1.29, 1.82) is 0 Å². The van der Waals surface area contributed by atoms with Crippen molar-refractivity contribution in [3.05, 3.63) is 59.7 Å². The Balaban J connectivity index is 1.18. The van der Waals surface area contributed by atoms with Gasteiger partial charge in [-0.15, -0.1) is 0 Å². The second kappa shape index (κ2) is 11.4. The third kappa shape index (κ3) is 6.75. The summed E-state index contributed by atoms with van der Waals surface area (Å²) in [5.41, 5.74) is -0.509. The highest BCUT2D eigenvalue weighted by atomic mass is 19.1. The Morgan fingerprint density at radius 1 is 1.02 bits per heavy atom. The first-order valence-electron chi connectivity index (χ1n) is 14.5. The molecule has 3 saturated heterocycles. The molecule has 42 heavy (non-hydrogen) atoms. The number of likely N-dealkylation sites (tertiary alicyclic amines) is 1. The van der Waals surface area contributed by atoms with Crippen molar-refractivity contribution in [2.75, 3.05) is 19.7 Å². The van der Waals surface area contributed by atoms with Gasteiger partial charge in [0.15, 0.2) is 0 Å². The van der Waals surface area contributed by atoms with E-state index in [1.807, 2.05) is 52.0 Å². The monoisotopic (exact) mass is 586 g/mol. The molecule has 1 amide bonds. The summed E-state index contributed by atoms with van der Waals surface area (Å²) in [6, 6.07) is 10.4. The number of halogens is 2. The lowest BCUT2D eigenvalue weighted by Crippen LogP contribution is -2.62. The Labute approximate surface area is 247 Å². The number of amides is 1. The van der Waals surface area contributed by atoms with Gasteiger partial charge in [0.2, 0.25) is 0 Å². The van der Waals surface area contributed by atoms with Crippen molar-refractivity contribution >= 4 is 18.7 Å². The number of carbonyl (C=O) groups is 1. The Bertz CT molecular complexity index is 1260. The van der Waals surface area contributed by atoms with Crippen LogP contribution in [0.5, 0.6) is 5.75 Å². The fourth-order valence-electron chi connectivity index (χ4n) is 5.42. The fraction of sp³-hybridized carbons (Fsp3) is 0.581. The lowest BCUT2D eigenvalue weighted by atomic mass is 9.79. The maximum absolute atomic E-state index is 14.7. The van der Waals surface area contributed by atoms with E-state index < -0.39 is 53.8 Å². The molecule has 1 N–H and O–H groups in total. The highest BCUT2D eigenvalue weighted by molar-refractivity contribution is 6.62. The van der Waals surface area contributed by atoms with Gasteiger partial charge in [-0.05, 0) is 90.7 Å². The molecular weight excluding hydrogens is 545 g/mol. The van der Waals surface area contributed by atoms with Crippen LogP contribution in [-0.2, 0) is 18.8 Å². The van der Waals surface area contributed by atoms with Crippen LogP contribution in [0.1, 0.15) is 66.6 Å². The molecule has 0 bridgehead atoms. The molecule has 5 rings (SSSR count). The van der Waals surface area contributed by atoms with Crippen LogP contribution in [0.3, 0.4) is 0 Å². The van der Waals surface area contributed by atoms with Gasteiger partial charge in [-0.1, -0.05) is 12.1 Å². The predicted molar refractivity (Wildman–Crippen MR) is 155 cm³/mol. The number of hydrogen-bond donors (Lipinski definition) is 1. The van der Waals surface area contributed by atoms with Gasteiger partial charge in [-0.25, -0.2) is 13.6 Å². The number of alkyl carbamates (subject to hydrolysis) is 1. The number of hydrogen-bond acceptors (Lipinski definition) is 7. The van der Waals surface area contributed by atoms with Crippen molar-refractivity contribution in [3.63, 3.8) is 0 Å². The fourth-order valence-corrected chi connectivity index (χ4v) is 5.42. The van der Waals surface area contributed by atoms with Gasteiger partial charge in [0.05, 0.1) is 23.9 Å². The molecule has 3 aliphatic heterocycles. The van der Waals surface area contributed by atoms with E-state index in [0.717, 1.165) is 29.4 Å². The van der Waals surface area contributed by atoms with Crippen molar-refractivity contribution in [1.82, 2.24) is 10.2 Å². The highest BCUT2D eigenvalue weighted by Gasteiger charge is 2.51. The molecule has 3 heterocycles. The lowest BCUT2D eigenvalue weighted by molar-refractivity contribution is -0.0969. The third-order valence-electron chi connectivity index (χ3n) is 8.43. The highest BCUT2D eigenvalue weighted by Crippen LogP contribution is 2.37. The van der Waals surface area contributed by atoms with E-state index in [-0.39, 0.29) is 17.7 Å². The van der Waals surface area contributed by atoms with Crippen LogP contribution in [0.2, 0.25) is 0 Å². The standard InChI is InChI=1S/C31H41BF2N2O6/c1-29(2,3)40-28(37)35-26-15-21(18-38-27(26)24-14-20(33)10-13-25(24)34)36-16-23(17-36)39-22-11-8-19(9-12-22)32-41-30(4,5)31(6,7)42-32/h8-14,21,23,26-27H,15-18H2,1-7H3,(H,35,37)/t21-,26+,27-/m1/s1. The summed E-state index contributed by atoms with van der Waals surface area (Å²) < 4.78 is 58.6. The first kappa shape index (κ1) is 30.7. The van der Waals surface area contributed by atoms with E-state index in [2.05, 4.69) is 10.2 Å². The summed E-state index contributed by atoms with van der Waals surface area (Å²) in [5.74, 6) is -0.399. The van der Waals surface area contributed by atoms with E-state index in [1.165, 1.54) is 0 Å². The molecule has 3 fully saturated rings. The number of benzene rings is 2. The average Bonchev–Trinajstić information content (AvgIpc) is 3.08. The van der Waals surface area contributed by atoms with Gasteiger partial charge in [0.1, 0.15) is 35.2 Å². The third-order valence-corrected chi connectivity index (χ3v) is 8.43. The second-order valence-corrected chi connectivity index (χ2v) is 13.4. The molecule has 0 unspecified atom stereocenters. The summed E-state index contributed by atoms with van der Waals surface area (Å²) in [4.78, 5) is 14.9. The number of carbonyl (C=O) groups excluding carboxylic acids is 1. The smallest absolute Gasteiger partial charge is 0.488 e. The van der Waals surface area contributed by atoms with Crippen molar-refractivity contribution in [2.24, 2.45) is 0 Å². The number of rotatable bonds is 6. The molecular formula is C31H41BF2N2O6. The molecule has 8 nitrogen and oxygen atoms in total. The van der Waals surface area contributed by atoms with E-state index in [1.54, 1.807) is 20.8 Å². The van der Waals surface area contributed by atoms with Crippen molar-refractivity contribution < 1.29 is 37.1 Å². The molecule has 0 aromatic heterocycles. The minimum absolute atomic E-state index is 0.0108. The summed E-state index contributed by atoms with van der Waals surface area (Å²) in [7, 11) is -0.429. The summed E-state index contributed by atoms with van der Waals surface area (Å²) >= 11 is 0. The van der Waals surface area contributed by atoms with Gasteiger partial charge >= 0.3 is 13.2 Å². The topological polar surface area (TPSA) is 78.5 Å². The van der Waals surface area contributed by atoms with Crippen LogP contribution in [0.15, 0.2) is 42.5 Å². The predicted octanol–water partition coefficient (Wildman–Crippen LogP) is 4.75. The lowest BCUT2D eigenvalue weighted by Gasteiger charge is -2.48. The SMILES string of the molecule is CC(C)(C)OC(=O)N[C@H]1C[C@@H](N2CC(Oc3ccc(B4OC(C)(C)C(C)(C)O4)cc3)C2)CO[C@@H]1c1cc(F)ccc1F. The van der Waals surface area contributed by atoms with Crippen LogP contribution in [0.4, 0.5) is 13.6 Å². The zero-order chi connectivity index (χ0) is 30.4. The van der Waals surface area contributed by atoms with E-state index in [0.29, 0.717) is 26.1 Å². The van der Waals surface area contributed by atoms with Gasteiger partial charge in [0, 0.05) is 24.7 Å². The Morgan fingerprint density at radius 2 is 1.67 bits per heavy atom. The molecule has 3 aliphatic rings. The van der Waals surface area contributed by atoms with Crippen LogP contribution >= 0.6 is 0 Å². The van der Waals surface area contributed by atoms with Crippen LogP contribution in [-0.4, -0.2) is 72.8 Å². The molecule has 11 heteroatoms. The molecule has 3 atom stereocenters. The molecule has 0 saturated carbocycles. The molecule has 0 spiro atoms. The number of nitrogens with one attached hydrogen (secondary N) is 1. The number of nitrogens with zero attached hydrogens (tertiary/aromatic N) is 1. The van der Waals surface area contributed by atoms with Crippen molar-refractivity contribution in [2.45, 2.75) is 96.0 Å². The first-order chi connectivity index (χ1) is 19.6. The minimum Gasteiger partial charge on any atom is -0.488 e. The van der Waals surface area contributed by atoms with Crippen LogP contribution < -0.4 is 15.5 Å². The minimum atomic E-state index is -0.847. The first-order valence-corrected chi connectivity index (χ1v) is 14.5. The van der Waals surface area contributed by atoms with Crippen LogP contribution in [0.25, 0.3) is 0 Å². The molecule has 0 radical (unpaired) electrons. The Hall–Kier alpha value is -2.73. The molecule has 2 aromatic rings. The molecule has 228 valence electrons. The van der Waals surface area contributed by atoms with Crippen LogP contribution in [0, 0.1) is 11.6 Å². The normalized spacial score (nSPS) is 26.0. The molecule has 2 aromatic carbocycles. The van der Waals surface area contributed by atoms with Crippen molar-refractivity contribution in [3.8, 4) is 5.75 Å². The van der Waals surface area contributed by atoms with Gasteiger partial charge in [-0.3, -0.25) is 4.90 Å². The maximum atomic E-state index is 14.7. The zero-order valence-corrected chi connectivity index (χ0v) is 25.4. The maximum Gasteiger partial charge on any atom is 0.494 e. The van der Waals surface area contributed by atoms with Gasteiger partial charge < -0.3 is 28.8 Å². The summed E-state index contributed by atoms with van der Waals surface area (Å²) in [5, 5.41) is 2.84. The molecule has 0 aliphatic carbocycles. The van der Waals surface area contributed by atoms with Gasteiger partial charge in [0.25, 0.3) is 0 Å². The average molecular weight is 586 g/mol. The zero-order valence-electron chi connectivity index (χ0n) is 25.4. The summed E-state index contributed by atoms with van der Waals surface area (Å²) in [6.45, 7) is 15.1. The van der Waals surface area contributed by atoms with E-state index in [9.17, 15) is 13.6 Å². The van der Waals surface area contributed by atoms with E-state index in [4.69, 9.17) is 23.5 Å². The summed E-state index contributed by atoms with van der Waals surface area (Å²) in [6.07, 6.45) is -1.01. The Morgan fingerprint density at radius 3 is 2.29 bits per heavy atom. The largest absolute Gasteiger partial charge is 0.494 e. The Kier molecular flexibility index (Phi) is 8.35. The van der Waals surface area contributed by atoms with Gasteiger partial charge in [-0.2, -0.15) is 0 Å². The second-order valence-electron chi connectivity index (χ2n) is 13.4. The number of ether oxygens (including phenoxy) is 3. The quantitative estimate of drug-likeness (QED) is 0.490.